The average Bonchev–Trinajstić information content (AvgIpc) is 2.97. The molecule has 154 valence electrons. The number of rotatable bonds is 8. The Morgan fingerprint density at radius 1 is 1.21 bits per heavy atom. The predicted molar refractivity (Wildman–Crippen MR) is 105 cm³/mol. The molecule has 7 heteroatoms. The number of hydrogen-bond donors (Lipinski definition) is 2. The zero-order valence-electron chi connectivity index (χ0n) is 17.1. The molecule has 0 saturated heterocycles. The third kappa shape index (κ3) is 5.47. The Balaban J connectivity index is 1.90. The summed E-state index contributed by atoms with van der Waals surface area (Å²) in [6.07, 6.45) is 6.78. The Kier molecular flexibility index (Phi) is 7.84. The lowest BCUT2D eigenvalue weighted by Crippen LogP contribution is -2.36. The van der Waals surface area contributed by atoms with E-state index in [0.717, 1.165) is 19.3 Å². The molecule has 0 radical (unpaired) electrons. The van der Waals surface area contributed by atoms with Gasteiger partial charge in [0.1, 0.15) is 5.69 Å². The van der Waals surface area contributed by atoms with Crippen molar-refractivity contribution in [2.24, 2.45) is 0 Å². The van der Waals surface area contributed by atoms with Crippen molar-refractivity contribution in [3.8, 4) is 0 Å². The summed E-state index contributed by atoms with van der Waals surface area (Å²) in [6, 6.07) is 0. The van der Waals surface area contributed by atoms with Crippen molar-refractivity contribution in [3.05, 3.63) is 34.2 Å². The van der Waals surface area contributed by atoms with Gasteiger partial charge in [-0.2, -0.15) is 0 Å². The standard InChI is InChI=1S/C21H30N2O5/c1-5-27-20(25)17-13(2)18(23-14(17)3)21(26)28-15(4)19(24)22-12-11-16-9-7-6-8-10-16/h9,15,23H,5-8,10-12H2,1-4H3,(H,22,24). The fraction of sp³-hybridized carbons (Fsp3) is 0.571. The van der Waals surface area contributed by atoms with Crippen molar-refractivity contribution < 1.29 is 23.9 Å². The van der Waals surface area contributed by atoms with E-state index >= 15 is 0 Å². The molecular formula is C21H30N2O5. The molecule has 1 aromatic rings. The van der Waals surface area contributed by atoms with Crippen LogP contribution in [0.3, 0.4) is 0 Å². The van der Waals surface area contributed by atoms with Crippen LogP contribution in [0.15, 0.2) is 11.6 Å². The van der Waals surface area contributed by atoms with Gasteiger partial charge in [0.15, 0.2) is 6.10 Å². The Morgan fingerprint density at radius 3 is 2.61 bits per heavy atom. The highest BCUT2D eigenvalue weighted by atomic mass is 16.5. The fourth-order valence-electron chi connectivity index (χ4n) is 3.36. The van der Waals surface area contributed by atoms with Gasteiger partial charge in [-0.25, -0.2) is 9.59 Å². The second-order valence-electron chi connectivity index (χ2n) is 7.04. The zero-order valence-corrected chi connectivity index (χ0v) is 17.1. The molecule has 0 aromatic carbocycles. The summed E-state index contributed by atoms with van der Waals surface area (Å²) >= 11 is 0. The van der Waals surface area contributed by atoms with Crippen molar-refractivity contribution in [1.82, 2.24) is 10.3 Å². The quantitative estimate of drug-likeness (QED) is 0.524. The van der Waals surface area contributed by atoms with Crippen molar-refractivity contribution in [2.75, 3.05) is 13.2 Å². The molecule has 1 amide bonds. The first kappa shape index (κ1) is 21.7. The predicted octanol–water partition coefficient (Wildman–Crippen LogP) is 3.36. The molecule has 28 heavy (non-hydrogen) atoms. The molecular weight excluding hydrogens is 360 g/mol. The molecule has 0 bridgehead atoms. The number of amides is 1. The van der Waals surface area contributed by atoms with Gasteiger partial charge in [0.2, 0.25) is 0 Å². The Hall–Kier alpha value is -2.57. The molecule has 7 nitrogen and oxygen atoms in total. The number of carbonyl (C=O) groups excluding carboxylic acids is 3. The monoisotopic (exact) mass is 390 g/mol. The SMILES string of the molecule is CCOC(=O)c1c(C)[nH]c(C(=O)OC(C)C(=O)NCCC2=CCCCC2)c1C. The highest BCUT2D eigenvalue weighted by molar-refractivity contribution is 5.99. The zero-order chi connectivity index (χ0) is 20.7. The van der Waals surface area contributed by atoms with Gasteiger partial charge in [0.25, 0.3) is 5.91 Å². The Morgan fingerprint density at radius 2 is 1.96 bits per heavy atom. The van der Waals surface area contributed by atoms with E-state index in [1.165, 1.54) is 25.3 Å². The van der Waals surface area contributed by atoms with Gasteiger partial charge in [0, 0.05) is 12.2 Å². The van der Waals surface area contributed by atoms with Crippen LogP contribution < -0.4 is 5.32 Å². The van der Waals surface area contributed by atoms with Crippen LogP contribution in [0.2, 0.25) is 0 Å². The lowest BCUT2D eigenvalue weighted by Gasteiger charge is -2.15. The van der Waals surface area contributed by atoms with Gasteiger partial charge in [-0.3, -0.25) is 4.79 Å². The van der Waals surface area contributed by atoms with Crippen LogP contribution in [-0.4, -0.2) is 42.1 Å². The normalized spacial score (nSPS) is 14.8. The molecule has 1 aliphatic carbocycles. The second-order valence-corrected chi connectivity index (χ2v) is 7.04. The molecule has 2 rings (SSSR count). The number of nitrogens with one attached hydrogen (secondary N) is 2. The molecule has 0 aliphatic heterocycles. The van der Waals surface area contributed by atoms with Crippen molar-refractivity contribution in [1.29, 1.82) is 0 Å². The number of aromatic nitrogens is 1. The molecule has 1 atom stereocenters. The lowest BCUT2D eigenvalue weighted by molar-refractivity contribution is -0.129. The minimum absolute atomic E-state index is 0.160. The molecule has 0 saturated carbocycles. The van der Waals surface area contributed by atoms with Crippen LogP contribution in [0, 0.1) is 13.8 Å². The number of aromatic amines is 1. The maximum atomic E-state index is 12.5. The topological polar surface area (TPSA) is 97.5 Å². The van der Waals surface area contributed by atoms with Crippen LogP contribution in [0.1, 0.15) is 78.1 Å². The van der Waals surface area contributed by atoms with Gasteiger partial charge in [-0.1, -0.05) is 11.6 Å². The maximum absolute atomic E-state index is 12.5. The summed E-state index contributed by atoms with van der Waals surface area (Å²) in [6.45, 7) is 7.36. The smallest absolute Gasteiger partial charge is 0.355 e. The number of hydrogen-bond acceptors (Lipinski definition) is 5. The Labute approximate surface area is 165 Å². The number of aryl methyl sites for hydroxylation is 1. The third-order valence-corrected chi connectivity index (χ3v) is 4.90. The molecule has 2 N–H and O–H groups in total. The average molecular weight is 390 g/mol. The van der Waals surface area contributed by atoms with Crippen LogP contribution >= 0.6 is 0 Å². The van der Waals surface area contributed by atoms with Gasteiger partial charge < -0.3 is 19.8 Å². The fourth-order valence-corrected chi connectivity index (χ4v) is 3.36. The van der Waals surface area contributed by atoms with Gasteiger partial charge >= 0.3 is 11.9 Å². The number of esters is 2. The molecule has 0 spiro atoms. The van der Waals surface area contributed by atoms with E-state index in [9.17, 15) is 14.4 Å². The second kappa shape index (κ2) is 10.1. The number of H-pyrrole nitrogens is 1. The van der Waals surface area contributed by atoms with E-state index in [-0.39, 0.29) is 18.2 Å². The van der Waals surface area contributed by atoms with E-state index in [4.69, 9.17) is 9.47 Å². The largest absolute Gasteiger partial charge is 0.462 e. The lowest BCUT2D eigenvalue weighted by atomic mass is 9.97. The summed E-state index contributed by atoms with van der Waals surface area (Å²) in [5.41, 5.74) is 2.85. The summed E-state index contributed by atoms with van der Waals surface area (Å²) in [4.78, 5) is 39.6. The highest BCUT2D eigenvalue weighted by Gasteiger charge is 2.26. The van der Waals surface area contributed by atoms with Gasteiger partial charge in [-0.15, -0.1) is 0 Å². The van der Waals surface area contributed by atoms with Gasteiger partial charge in [0.05, 0.1) is 12.2 Å². The first-order chi connectivity index (χ1) is 13.3. The number of ether oxygens (including phenoxy) is 2. The highest BCUT2D eigenvalue weighted by Crippen LogP contribution is 2.21. The first-order valence-corrected chi connectivity index (χ1v) is 9.88. The van der Waals surface area contributed by atoms with Crippen molar-refractivity contribution in [2.45, 2.75) is 65.9 Å². The van der Waals surface area contributed by atoms with E-state index < -0.39 is 18.0 Å². The van der Waals surface area contributed by atoms with Crippen LogP contribution in [0.25, 0.3) is 0 Å². The van der Waals surface area contributed by atoms with Crippen LogP contribution in [0.4, 0.5) is 0 Å². The summed E-state index contributed by atoms with van der Waals surface area (Å²) in [5.74, 6) is -1.50. The molecule has 1 aromatic heterocycles. The van der Waals surface area contributed by atoms with Crippen molar-refractivity contribution >= 4 is 17.8 Å². The van der Waals surface area contributed by atoms with Gasteiger partial charge in [-0.05, 0) is 65.4 Å². The molecule has 1 aliphatic rings. The summed E-state index contributed by atoms with van der Waals surface area (Å²) in [5, 5.41) is 2.81. The summed E-state index contributed by atoms with van der Waals surface area (Å²) in [7, 11) is 0. The molecule has 0 fully saturated rings. The molecule has 1 unspecified atom stereocenters. The first-order valence-electron chi connectivity index (χ1n) is 9.88. The van der Waals surface area contributed by atoms with Crippen LogP contribution in [0.5, 0.6) is 0 Å². The third-order valence-electron chi connectivity index (χ3n) is 4.90. The minimum atomic E-state index is -0.929. The van der Waals surface area contributed by atoms with E-state index in [1.54, 1.807) is 20.8 Å². The number of carbonyl (C=O) groups is 3. The van der Waals surface area contributed by atoms with Crippen LogP contribution in [-0.2, 0) is 14.3 Å². The number of allylic oxidation sites excluding steroid dienone is 1. The van der Waals surface area contributed by atoms with Crippen molar-refractivity contribution in [3.63, 3.8) is 0 Å². The maximum Gasteiger partial charge on any atom is 0.355 e. The Bertz CT molecular complexity index is 763. The van der Waals surface area contributed by atoms with E-state index in [1.807, 2.05) is 0 Å². The van der Waals surface area contributed by atoms with E-state index in [2.05, 4.69) is 16.4 Å². The molecule has 1 heterocycles. The van der Waals surface area contributed by atoms with E-state index in [0.29, 0.717) is 23.4 Å². The minimum Gasteiger partial charge on any atom is -0.462 e. The summed E-state index contributed by atoms with van der Waals surface area (Å²) < 4.78 is 10.3.